The lowest BCUT2D eigenvalue weighted by atomic mass is 9.95. The molecule has 0 spiro atoms. The van der Waals surface area contributed by atoms with Gasteiger partial charge in [-0.3, -0.25) is 9.97 Å². The normalized spacial score (nSPS) is 10.9. The van der Waals surface area contributed by atoms with Crippen molar-refractivity contribution in [2.24, 2.45) is 0 Å². The van der Waals surface area contributed by atoms with Gasteiger partial charge < -0.3 is 0 Å². The Morgan fingerprint density at radius 3 is 2.33 bits per heavy atom. The van der Waals surface area contributed by atoms with Crippen molar-refractivity contribution >= 4 is 10.8 Å². The molecule has 2 nitrogen and oxygen atoms in total. The first-order valence-corrected chi connectivity index (χ1v) is 8.12. The van der Waals surface area contributed by atoms with Crippen LogP contribution >= 0.6 is 0 Å². The Balaban J connectivity index is 2.01. The van der Waals surface area contributed by atoms with Gasteiger partial charge in [0.15, 0.2) is 0 Å². The Labute approximate surface area is 141 Å². The van der Waals surface area contributed by atoms with E-state index < -0.39 is 0 Å². The Kier molecular flexibility index (Phi) is 3.58. The maximum atomic E-state index is 4.69. The number of rotatable bonds is 2. The monoisotopic (exact) mass is 310 g/mol. The largest absolute Gasteiger partial charge is 0.256 e. The van der Waals surface area contributed by atoms with Crippen LogP contribution in [0.4, 0.5) is 0 Å². The number of aromatic nitrogens is 2. The van der Waals surface area contributed by atoms with E-state index in [1.54, 1.807) is 0 Å². The minimum Gasteiger partial charge on any atom is -0.256 e. The third kappa shape index (κ3) is 2.46. The second kappa shape index (κ2) is 5.89. The van der Waals surface area contributed by atoms with Crippen molar-refractivity contribution < 1.29 is 0 Å². The standard InChI is InChI=1S/C22H18N2/c1-15-12-13-19(18-9-4-3-8-17(15)18)22-20(10-6-14-23-22)21-11-5-7-16(2)24-21/h3-14H,1-2H3. The first-order chi connectivity index (χ1) is 11.7. The van der Waals surface area contributed by atoms with Crippen LogP contribution < -0.4 is 0 Å². The summed E-state index contributed by atoms with van der Waals surface area (Å²) < 4.78 is 0. The van der Waals surface area contributed by atoms with Crippen molar-refractivity contribution in [1.82, 2.24) is 9.97 Å². The van der Waals surface area contributed by atoms with Gasteiger partial charge in [0.05, 0.1) is 11.4 Å². The van der Waals surface area contributed by atoms with Crippen LogP contribution in [0.25, 0.3) is 33.3 Å². The van der Waals surface area contributed by atoms with Gasteiger partial charge in [0, 0.05) is 23.0 Å². The average molecular weight is 310 g/mol. The van der Waals surface area contributed by atoms with Crippen molar-refractivity contribution in [2.75, 3.05) is 0 Å². The predicted octanol–water partition coefficient (Wildman–Crippen LogP) is 5.58. The van der Waals surface area contributed by atoms with E-state index in [0.29, 0.717) is 0 Å². The van der Waals surface area contributed by atoms with Gasteiger partial charge in [-0.15, -0.1) is 0 Å². The molecule has 2 aromatic heterocycles. The second-order valence-corrected chi connectivity index (χ2v) is 6.04. The predicted molar refractivity (Wildman–Crippen MR) is 99.9 cm³/mol. The topological polar surface area (TPSA) is 25.8 Å². The molecule has 0 atom stereocenters. The van der Waals surface area contributed by atoms with Crippen molar-refractivity contribution in [2.45, 2.75) is 13.8 Å². The molecule has 116 valence electrons. The Bertz CT molecular complexity index is 1030. The van der Waals surface area contributed by atoms with Crippen LogP contribution in [-0.2, 0) is 0 Å². The SMILES string of the molecule is Cc1cccc(-c2cccnc2-c2ccc(C)c3ccccc23)n1. The lowest BCUT2D eigenvalue weighted by Gasteiger charge is -2.12. The summed E-state index contributed by atoms with van der Waals surface area (Å²) in [5, 5.41) is 2.49. The lowest BCUT2D eigenvalue weighted by Crippen LogP contribution is -1.93. The lowest BCUT2D eigenvalue weighted by molar-refractivity contribution is 1.20. The molecule has 0 aliphatic carbocycles. The maximum Gasteiger partial charge on any atom is 0.0802 e. The van der Waals surface area contributed by atoms with Crippen LogP contribution in [0.1, 0.15) is 11.3 Å². The van der Waals surface area contributed by atoms with Gasteiger partial charge in [0.2, 0.25) is 0 Å². The van der Waals surface area contributed by atoms with E-state index in [1.165, 1.54) is 16.3 Å². The molecule has 2 heterocycles. The molecular formula is C22H18N2. The van der Waals surface area contributed by atoms with E-state index in [0.717, 1.165) is 28.2 Å². The van der Waals surface area contributed by atoms with Gasteiger partial charge in [0.1, 0.15) is 0 Å². The summed E-state index contributed by atoms with van der Waals surface area (Å²) in [5.74, 6) is 0. The molecule has 0 aliphatic rings. The highest BCUT2D eigenvalue weighted by atomic mass is 14.7. The first-order valence-electron chi connectivity index (χ1n) is 8.12. The maximum absolute atomic E-state index is 4.69. The molecule has 2 heteroatoms. The van der Waals surface area contributed by atoms with Crippen LogP contribution in [0.3, 0.4) is 0 Å². The fraction of sp³-hybridized carbons (Fsp3) is 0.0909. The molecule has 0 amide bonds. The van der Waals surface area contributed by atoms with Crippen LogP contribution in [0, 0.1) is 13.8 Å². The summed E-state index contributed by atoms with van der Waals surface area (Å²) in [6.45, 7) is 4.16. The molecule has 24 heavy (non-hydrogen) atoms. The molecule has 0 fully saturated rings. The number of fused-ring (bicyclic) bond motifs is 1. The Hall–Kier alpha value is -3.00. The third-order valence-corrected chi connectivity index (χ3v) is 4.37. The first kappa shape index (κ1) is 14.6. The number of hydrogen-bond donors (Lipinski definition) is 0. The summed E-state index contributed by atoms with van der Waals surface area (Å²) in [6.07, 6.45) is 1.85. The fourth-order valence-electron chi connectivity index (χ4n) is 3.18. The van der Waals surface area contributed by atoms with Crippen molar-refractivity contribution in [3.05, 3.63) is 84.2 Å². The quantitative estimate of drug-likeness (QED) is 0.483. The summed E-state index contributed by atoms with van der Waals surface area (Å²) >= 11 is 0. The van der Waals surface area contributed by atoms with Gasteiger partial charge in [-0.25, -0.2) is 0 Å². The number of pyridine rings is 2. The molecular weight excluding hydrogens is 292 g/mol. The molecule has 0 aliphatic heterocycles. The van der Waals surface area contributed by atoms with Crippen LogP contribution in [0.5, 0.6) is 0 Å². The van der Waals surface area contributed by atoms with Gasteiger partial charge >= 0.3 is 0 Å². The van der Waals surface area contributed by atoms with Crippen LogP contribution in [0.15, 0.2) is 72.9 Å². The molecule has 0 N–H and O–H groups in total. The molecule has 0 bridgehead atoms. The third-order valence-electron chi connectivity index (χ3n) is 4.37. The summed E-state index contributed by atoms with van der Waals surface area (Å²) in [7, 11) is 0. The highest BCUT2D eigenvalue weighted by molar-refractivity contribution is 6.00. The number of hydrogen-bond acceptors (Lipinski definition) is 2. The van der Waals surface area contributed by atoms with E-state index in [-0.39, 0.29) is 0 Å². The zero-order chi connectivity index (χ0) is 16.5. The molecule has 4 aromatic rings. The highest BCUT2D eigenvalue weighted by Gasteiger charge is 2.13. The molecule has 0 radical (unpaired) electrons. The van der Waals surface area contributed by atoms with Crippen molar-refractivity contribution in [1.29, 1.82) is 0 Å². The number of nitrogens with zero attached hydrogens (tertiary/aromatic N) is 2. The average Bonchev–Trinajstić information content (AvgIpc) is 2.62. The molecule has 4 rings (SSSR count). The van der Waals surface area contributed by atoms with E-state index in [9.17, 15) is 0 Å². The molecule has 0 saturated heterocycles. The Morgan fingerprint density at radius 2 is 1.50 bits per heavy atom. The van der Waals surface area contributed by atoms with Crippen LogP contribution in [-0.4, -0.2) is 9.97 Å². The minimum absolute atomic E-state index is 0.961. The minimum atomic E-state index is 0.961. The summed E-state index contributed by atoms with van der Waals surface area (Å²) in [5.41, 5.74) is 6.44. The highest BCUT2D eigenvalue weighted by Crippen LogP contribution is 2.34. The van der Waals surface area contributed by atoms with Crippen LogP contribution in [0.2, 0.25) is 0 Å². The zero-order valence-corrected chi connectivity index (χ0v) is 13.8. The smallest absolute Gasteiger partial charge is 0.0802 e. The van der Waals surface area contributed by atoms with E-state index in [1.807, 2.05) is 37.4 Å². The Morgan fingerprint density at radius 1 is 0.667 bits per heavy atom. The van der Waals surface area contributed by atoms with E-state index >= 15 is 0 Å². The molecule has 0 saturated carbocycles. The van der Waals surface area contributed by atoms with Gasteiger partial charge in [0.25, 0.3) is 0 Å². The second-order valence-electron chi connectivity index (χ2n) is 6.04. The summed E-state index contributed by atoms with van der Waals surface area (Å²) in [4.78, 5) is 9.38. The number of aryl methyl sites for hydroxylation is 2. The van der Waals surface area contributed by atoms with Crippen molar-refractivity contribution in [3.8, 4) is 22.5 Å². The molecule has 2 aromatic carbocycles. The van der Waals surface area contributed by atoms with E-state index in [2.05, 4.69) is 54.4 Å². The summed E-state index contributed by atoms with van der Waals surface area (Å²) in [6, 6.07) is 23.0. The molecule has 0 unspecified atom stereocenters. The van der Waals surface area contributed by atoms with E-state index in [4.69, 9.17) is 4.98 Å². The van der Waals surface area contributed by atoms with Crippen molar-refractivity contribution in [3.63, 3.8) is 0 Å². The van der Waals surface area contributed by atoms with Gasteiger partial charge in [-0.2, -0.15) is 0 Å². The van der Waals surface area contributed by atoms with Gasteiger partial charge in [-0.05, 0) is 54.4 Å². The number of benzene rings is 2. The fourth-order valence-corrected chi connectivity index (χ4v) is 3.18. The zero-order valence-electron chi connectivity index (χ0n) is 13.8. The van der Waals surface area contributed by atoms with Gasteiger partial charge in [-0.1, -0.05) is 42.5 Å².